The zero-order valence-corrected chi connectivity index (χ0v) is 12.3. The topological polar surface area (TPSA) is 67.4 Å². The van der Waals surface area contributed by atoms with Crippen LogP contribution in [-0.4, -0.2) is 38.6 Å². The number of carbonyl (C=O) groups excluding carboxylic acids is 2. The van der Waals surface area contributed by atoms with Crippen molar-refractivity contribution in [3.8, 4) is 0 Å². The minimum atomic E-state index is -0.152. The molecular formula is C13H17BrN2O3. The maximum absolute atomic E-state index is 11.8. The van der Waals surface area contributed by atoms with E-state index in [0.717, 1.165) is 4.47 Å². The average molecular weight is 329 g/mol. The van der Waals surface area contributed by atoms with Gasteiger partial charge in [-0.15, -0.1) is 0 Å². The van der Waals surface area contributed by atoms with Crippen LogP contribution in [0.2, 0.25) is 0 Å². The van der Waals surface area contributed by atoms with Crippen molar-refractivity contribution in [1.29, 1.82) is 0 Å². The lowest BCUT2D eigenvalue weighted by molar-refractivity contribution is -0.124. The van der Waals surface area contributed by atoms with E-state index < -0.39 is 0 Å². The van der Waals surface area contributed by atoms with Gasteiger partial charge in [0.25, 0.3) is 5.91 Å². The second-order valence-electron chi connectivity index (χ2n) is 3.90. The van der Waals surface area contributed by atoms with Gasteiger partial charge in [-0.2, -0.15) is 0 Å². The van der Waals surface area contributed by atoms with Crippen molar-refractivity contribution in [3.63, 3.8) is 0 Å². The average Bonchev–Trinajstić information content (AvgIpc) is 2.38. The van der Waals surface area contributed by atoms with Crippen LogP contribution in [0, 0.1) is 0 Å². The highest BCUT2D eigenvalue weighted by Gasteiger charge is 2.04. The number of rotatable bonds is 7. The molecule has 2 N–H and O–H groups in total. The van der Waals surface area contributed by atoms with Crippen molar-refractivity contribution in [2.24, 2.45) is 0 Å². The molecule has 0 aromatic heterocycles. The zero-order valence-electron chi connectivity index (χ0n) is 10.7. The predicted octanol–water partition coefficient (Wildman–Crippen LogP) is 1.33. The summed E-state index contributed by atoms with van der Waals surface area (Å²) in [5.41, 5.74) is 0.609. The number of benzene rings is 1. The molecule has 104 valence electrons. The quantitative estimate of drug-likeness (QED) is 0.742. The standard InChI is InChI=1S/C13H17BrN2O3/c1-19-9-12(17)15-6-3-7-16-13(18)10-4-2-5-11(14)8-10/h2,4-5,8H,3,6-7,9H2,1H3,(H,15,17)(H,16,18). The molecule has 0 saturated carbocycles. The third kappa shape index (κ3) is 6.35. The van der Waals surface area contributed by atoms with Gasteiger partial charge in [-0.3, -0.25) is 9.59 Å². The van der Waals surface area contributed by atoms with Gasteiger partial charge in [0.2, 0.25) is 5.91 Å². The SMILES string of the molecule is COCC(=O)NCCCNC(=O)c1cccc(Br)c1. The van der Waals surface area contributed by atoms with Crippen LogP contribution in [0.25, 0.3) is 0 Å². The van der Waals surface area contributed by atoms with Gasteiger partial charge in [0.05, 0.1) is 0 Å². The Morgan fingerprint density at radius 1 is 1.26 bits per heavy atom. The molecule has 0 heterocycles. The summed E-state index contributed by atoms with van der Waals surface area (Å²) in [7, 11) is 1.47. The Morgan fingerprint density at radius 2 is 2.00 bits per heavy atom. The van der Waals surface area contributed by atoms with Gasteiger partial charge in [0.15, 0.2) is 0 Å². The predicted molar refractivity (Wildman–Crippen MR) is 76.0 cm³/mol. The van der Waals surface area contributed by atoms with E-state index in [1.54, 1.807) is 12.1 Å². The van der Waals surface area contributed by atoms with E-state index in [-0.39, 0.29) is 18.4 Å². The van der Waals surface area contributed by atoms with E-state index in [1.807, 2.05) is 12.1 Å². The van der Waals surface area contributed by atoms with Crippen molar-refractivity contribution in [2.45, 2.75) is 6.42 Å². The van der Waals surface area contributed by atoms with Gasteiger partial charge in [0.1, 0.15) is 6.61 Å². The smallest absolute Gasteiger partial charge is 0.251 e. The normalized spacial score (nSPS) is 10.0. The molecule has 1 aromatic carbocycles. The maximum atomic E-state index is 11.8. The summed E-state index contributed by atoms with van der Waals surface area (Å²) in [5, 5.41) is 5.47. The monoisotopic (exact) mass is 328 g/mol. The summed E-state index contributed by atoms with van der Waals surface area (Å²) in [5.74, 6) is -0.273. The Kier molecular flexibility index (Phi) is 7.14. The Morgan fingerprint density at radius 3 is 2.68 bits per heavy atom. The van der Waals surface area contributed by atoms with Crippen LogP contribution in [0.15, 0.2) is 28.7 Å². The number of amides is 2. The Balaban J connectivity index is 2.19. The van der Waals surface area contributed by atoms with E-state index in [0.29, 0.717) is 25.1 Å². The molecule has 0 radical (unpaired) electrons. The molecule has 1 aromatic rings. The van der Waals surface area contributed by atoms with Crippen LogP contribution >= 0.6 is 15.9 Å². The van der Waals surface area contributed by atoms with Crippen LogP contribution in [0.1, 0.15) is 16.8 Å². The summed E-state index contributed by atoms with van der Waals surface area (Å²) in [6.07, 6.45) is 0.676. The lowest BCUT2D eigenvalue weighted by Crippen LogP contribution is -2.31. The Labute approximate surface area is 120 Å². The molecule has 0 aliphatic heterocycles. The molecule has 0 fully saturated rings. The lowest BCUT2D eigenvalue weighted by atomic mass is 10.2. The van der Waals surface area contributed by atoms with E-state index in [4.69, 9.17) is 0 Å². The van der Waals surface area contributed by atoms with Crippen molar-refractivity contribution >= 4 is 27.7 Å². The van der Waals surface area contributed by atoms with Crippen molar-refractivity contribution in [2.75, 3.05) is 26.8 Å². The molecule has 0 bridgehead atoms. The number of halogens is 1. The number of hydrogen-bond donors (Lipinski definition) is 2. The van der Waals surface area contributed by atoms with Gasteiger partial charge in [-0.05, 0) is 24.6 Å². The number of ether oxygens (including phenoxy) is 1. The Hall–Kier alpha value is -1.40. The van der Waals surface area contributed by atoms with Crippen molar-refractivity contribution in [3.05, 3.63) is 34.3 Å². The van der Waals surface area contributed by atoms with Crippen LogP contribution in [0.5, 0.6) is 0 Å². The van der Waals surface area contributed by atoms with Gasteiger partial charge in [0, 0.05) is 30.2 Å². The molecule has 0 saturated heterocycles. The summed E-state index contributed by atoms with van der Waals surface area (Å²) < 4.78 is 5.55. The third-order valence-electron chi connectivity index (χ3n) is 2.32. The first-order valence-electron chi connectivity index (χ1n) is 5.93. The first-order valence-corrected chi connectivity index (χ1v) is 6.72. The maximum Gasteiger partial charge on any atom is 0.251 e. The van der Waals surface area contributed by atoms with Crippen molar-refractivity contribution < 1.29 is 14.3 Å². The minimum Gasteiger partial charge on any atom is -0.375 e. The van der Waals surface area contributed by atoms with E-state index >= 15 is 0 Å². The fourth-order valence-electron chi connectivity index (χ4n) is 1.43. The number of carbonyl (C=O) groups is 2. The molecule has 5 nitrogen and oxygen atoms in total. The van der Waals surface area contributed by atoms with Crippen LogP contribution in [-0.2, 0) is 9.53 Å². The second-order valence-corrected chi connectivity index (χ2v) is 4.82. The van der Waals surface area contributed by atoms with E-state index in [2.05, 4.69) is 31.3 Å². The van der Waals surface area contributed by atoms with Crippen molar-refractivity contribution in [1.82, 2.24) is 10.6 Å². The highest BCUT2D eigenvalue weighted by atomic mass is 79.9. The molecular weight excluding hydrogens is 312 g/mol. The first kappa shape index (κ1) is 15.7. The van der Waals surface area contributed by atoms with Gasteiger partial charge >= 0.3 is 0 Å². The van der Waals surface area contributed by atoms with E-state index in [1.165, 1.54) is 7.11 Å². The highest BCUT2D eigenvalue weighted by Crippen LogP contribution is 2.11. The molecule has 1 rings (SSSR count). The van der Waals surface area contributed by atoms with Gasteiger partial charge in [-0.1, -0.05) is 22.0 Å². The first-order chi connectivity index (χ1) is 9.13. The molecule has 19 heavy (non-hydrogen) atoms. The highest BCUT2D eigenvalue weighted by molar-refractivity contribution is 9.10. The largest absolute Gasteiger partial charge is 0.375 e. The van der Waals surface area contributed by atoms with E-state index in [9.17, 15) is 9.59 Å². The second kappa shape index (κ2) is 8.66. The molecule has 0 aliphatic carbocycles. The summed E-state index contributed by atoms with van der Waals surface area (Å²) >= 11 is 3.31. The van der Waals surface area contributed by atoms with Crippen LogP contribution < -0.4 is 10.6 Å². The summed E-state index contributed by atoms with van der Waals surface area (Å²) in [6, 6.07) is 7.18. The number of hydrogen-bond acceptors (Lipinski definition) is 3. The molecule has 0 aliphatic rings. The molecule has 0 atom stereocenters. The minimum absolute atomic E-state index is 0.0599. The molecule has 2 amide bonds. The van der Waals surface area contributed by atoms with Gasteiger partial charge in [-0.25, -0.2) is 0 Å². The summed E-state index contributed by atoms with van der Waals surface area (Å²) in [6.45, 7) is 1.09. The Bertz CT molecular complexity index is 438. The molecule has 0 spiro atoms. The number of nitrogens with one attached hydrogen (secondary N) is 2. The fraction of sp³-hybridized carbons (Fsp3) is 0.385. The fourth-order valence-corrected chi connectivity index (χ4v) is 1.83. The third-order valence-corrected chi connectivity index (χ3v) is 2.82. The number of methoxy groups -OCH3 is 1. The molecule has 6 heteroatoms. The van der Waals surface area contributed by atoms with Crippen LogP contribution in [0.4, 0.5) is 0 Å². The van der Waals surface area contributed by atoms with Crippen LogP contribution in [0.3, 0.4) is 0 Å². The van der Waals surface area contributed by atoms with Gasteiger partial charge < -0.3 is 15.4 Å². The lowest BCUT2D eigenvalue weighted by Gasteiger charge is -2.06. The zero-order chi connectivity index (χ0) is 14.1. The molecule has 0 unspecified atom stereocenters. The summed E-state index contributed by atoms with van der Waals surface area (Å²) in [4.78, 5) is 22.8.